The number of benzene rings is 1. The van der Waals surface area contributed by atoms with E-state index in [0.29, 0.717) is 11.1 Å². The Morgan fingerprint density at radius 2 is 1.69 bits per heavy atom. The topological polar surface area (TPSA) is 12.0 Å². The van der Waals surface area contributed by atoms with Crippen molar-refractivity contribution in [2.45, 2.75) is 44.6 Å². The zero-order valence-corrected chi connectivity index (χ0v) is 10.8. The standard InChI is InChI=1S/C13H17Cl2N/c14-10-7-8-13(12(15)9-10)16-11-5-3-1-2-4-6-11/h7-9,11,16H,1-6H2. The summed E-state index contributed by atoms with van der Waals surface area (Å²) in [6.07, 6.45) is 7.88. The molecule has 0 saturated heterocycles. The first-order valence-electron chi connectivity index (χ1n) is 5.97. The number of hydrogen-bond acceptors (Lipinski definition) is 1. The van der Waals surface area contributed by atoms with Gasteiger partial charge in [-0.15, -0.1) is 0 Å². The molecule has 0 aromatic heterocycles. The van der Waals surface area contributed by atoms with E-state index in [4.69, 9.17) is 23.2 Å². The predicted molar refractivity (Wildman–Crippen MR) is 71.6 cm³/mol. The average Bonchev–Trinajstić information content (AvgIpc) is 2.51. The lowest BCUT2D eigenvalue weighted by Crippen LogP contribution is -2.18. The largest absolute Gasteiger partial charge is 0.381 e. The molecule has 0 aliphatic heterocycles. The van der Waals surface area contributed by atoms with Gasteiger partial charge in [-0.2, -0.15) is 0 Å². The summed E-state index contributed by atoms with van der Waals surface area (Å²) in [5.74, 6) is 0. The van der Waals surface area contributed by atoms with Gasteiger partial charge in [0.15, 0.2) is 0 Å². The van der Waals surface area contributed by atoms with E-state index in [1.165, 1.54) is 38.5 Å². The van der Waals surface area contributed by atoms with E-state index < -0.39 is 0 Å². The van der Waals surface area contributed by atoms with E-state index in [0.717, 1.165) is 10.7 Å². The van der Waals surface area contributed by atoms with Crippen LogP contribution in [-0.2, 0) is 0 Å². The summed E-state index contributed by atoms with van der Waals surface area (Å²) in [4.78, 5) is 0. The van der Waals surface area contributed by atoms with Gasteiger partial charge < -0.3 is 5.32 Å². The number of rotatable bonds is 2. The highest BCUT2D eigenvalue weighted by atomic mass is 35.5. The first kappa shape index (κ1) is 12.1. The molecule has 0 radical (unpaired) electrons. The molecule has 1 N–H and O–H groups in total. The predicted octanol–water partition coefficient (Wildman–Crippen LogP) is 5.13. The van der Waals surface area contributed by atoms with E-state index in [2.05, 4.69) is 5.32 Å². The molecule has 0 amide bonds. The Morgan fingerprint density at radius 1 is 1.00 bits per heavy atom. The molecule has 0 unspecified atom stereocenters. The molecule has 88 valence electrons. The van der Waals surface area contributed by atoms with Crippen LogP contribution in [0, 0.1) is 0 Å². The quantitative estimate of drug-likeness (QED) is 0.725. The van der Waals surface area contributed by atoms with Crippen molar-refractivity contribution in [2.24, 2.45) is 0 Å². The van der Waals surface area contributed by atoms with Gasteiger partial charge in [0.1, 0.15) is 0 Å². The summed E-state index contributed by atoms with van der Waals surface area (Å²) < 4.78 is 0. The van der Waals surface area contributed by atoms with Gasteiger partial charge in [-0.05, 0) is 31.0 Å². The maximum Gasteiger partial charge on any atom is 0.0652 e. The lowest BCUT2D eigenvalue weighted by atomic mass is 10.1. The molecule has 1 saturated carbocycles. The molecule has 1 aromatic rings. The van der Waals surface area contributed by atoms with E-state index in [-0.39, 0.29) is 0 Å². The van der Waals surface area contributed by atoms with Gasteiger partial charge in [-0.25, -0.2) is 0 Å². The number of anilines is 1. The Morgan fingerprint density at radius 3 is 2.31 bits per heavy atom. The van der Waals surface area contributed by atoms with Crippen LogP contribution in [0.3, 0.4) is 0 Å². The van der Waals surface area contributed by atoms with Crippen molar-refractivity contribution in [3.63, 3.8) is 0 Å². The molecule has 0 bridgehead atoms. The smallest absolute Gasteiger partial charge is 0.0652 e. The van der Waals surface area contributed by atoms with Crippen LogP contribution in [-0.4, -0.2) is 6.04 Å². The third-order valence-electron chi connectivity index (χ3n) is 3.15. The number of nitrogens with one attached hydrogen (secondary N) is 1. The molecule has 1 aliphatic carbocycles. The maximum absolute atomic E-state index is 6.14. The highest BCUT2D eigenvalue weighted by molar-refractivity contribution is 6.36. The SMILES string of the molecule is Clc1ccc(NC2CCCCCC2)c(Cl)c1. The van der Waals surface area contributed by atoms with Crippen LogP contribution in [0.5, 0.6) is 0 Å². The van der Waals surface area contributed by atoms with Gasteiger partial charge in [0.05, 0.1) is 10.7 Å². The second-order valence-electron chi connectivity index (χ2n) is 4.46. The highest BCUT2D eigenvalue weighted by Gasteiger charge is 2.13. The molecule has 1 aliphatic rings. The molecule has 16 heavy (non-hydrogen) atoms. The Bertz CT molecular complexity index is 344. The minimum atomic E-state index is 0.571. The summed E-state index contributed by atoms with van der Waals surface area (Å²) in [7, 11) is 0. The summed E-state index contributed by atoms with van der Waals surface area (Å²) in [5.41, 5.74) is 1.01. The number of halogens is 2. The van der Waals surface area contributed by atoms with Crippen molar-refractivity contribution < 1.29 is 0 Å². The van der Waals surface area contributed by atoms with Gasteiger partial charge in [-0.3, -0.25) is 0 Å². The fraction of sp³-hybridized carbons (Fsp3) is 0.538. The average molecular weight is 258 g/mol. The molecule has 1 nitrogen and oxygen atoms in total. The van der Waals surface area contributed by atoms with Crippen molar-refractivity contribution in [2.75, 3.05) is 5.32 Å². The fourth-order valence-electron chi connectivity index (χ4n) is 2.25. The van der Waals surface area contributed by atoms with Gasteiger partial charge in [-0.1, -0.05) is 48.9 Å². The highest BCUT2D eigenvalue weighted by Crippen LogP contribution is 2.28. The maximum atomic E-state index is 6.14. The molecule has 0 atom stereocenters. The molecule has 0 heterocycles. The van der Waals surface area contributed by atoms with Gasteiger partial charge in [0.25, 0.3) is 0 Å². The van der Waals surface area contributed by atoms with Crippen LogP contribution < -0.4 is 5.32 Å². The van der Waals surface area contributed by atoms with Crippen molar-refractivity contribution in [1.82, 2.24) is 0 Å². The third-order valence-corrected chi connectivity index (χ3v) is 3.69. The van der Waals surface area contributed by atoms with Gasteiger partial charge in [0.2, 0.25) is 0 Å². The van der Waals surface area contributed by atoms with Crippen LogP contribution >= 0.6 is 23.2 Å². The molecule has 2 rings (SSSR count). The fourth-order valence-corrected chi connectivity index (χ4v) is 2.71. The summed E-state index contributed by atoms with van der Waals surface area (Å²) in [5, 5.41) is 4.94. The summed E-state index contributed by atoms with van der Waals surface area (Å²) in [6.45, 7) is 0. The zero-order chi connectivity index (χ0) is 11.4. The second kappa shape index (κ2) is 5.79. The van der Waals surface area contributed by atoms with Crippen LogP contribution in [0.15, 0.2) is 18.2 Å². The molecule has 1 aromatic carbocycles. The normalized spacial score (nSPS) is 18.1. The zero-order valence-electron chi connectivity index (χ0n) is 9.31. The van der Waals surface area contributed by atoms with Crippen LogP contribution in [0.2, 0.25) is 10.0 Å². The number of hydrogen-bond donors (Lipinski definition) is 1. The van der Waals surface area contributed by atoms with E-state index in [9.17, 15) is 0 Å². The molecule has 0 spiro atoms. The van der Waals surface area contributed by atoms with Crippen molar-refractivity contribution in [1.29, 1.82) is 0 Å². The Kier molecular flexibility index (Phi) is 4.37. The summed E-state index contributed by atoms with van der Waals surface area (Å²) >= 11 is 12.0. The Labute approximate surface area is 107 Å². The van der Waals surface area contributed by atoms with E-state index >= 15 is 0 Å². The third kappa shape index (κ3) is 3.29. The van der Waals surface area contributed by atoms with Crippen LogP contribution in [0.25, 0.3) is 0 Å². The van der Waals surface area contributed by atoms with Crippen LogP contribution in [0.4, 0.5) is 5.69 Å². The van der Waals surface area contributed by atoms with Gasteiger partial charge in [0, 0.05) is 11.1 Å². The van der Waals surface area contributed by atoms with Crippen molar-refractivity contribution in [3.05, 3.63) is 28.2 Å². The lowest BCUT2D eigenvalue weighted by molar-refractivity contribution is 0.620. The molecule has 3 heteroatoms. The van der Waals surface area contributed by atoms with Crippen molar-refractivity contribution >= 4 is 28.9 Å². The molecular weight excluding hydrogens is 241 g/mol. The monoisotopic (exact) mass is 257 g/mol. The van der Waals surface area contributed by atoms with E-state index in [1.54, 1.807) is 6.07 Å². The first-order valence-corrected chi connectivity index (χ1v) is 6.73. The minimum absolute atomic E-state index is 0.571. The van der Waals surface area contributed by atoms with Gasteiger partial charge >= 0.3 is 0 Å². The first-order chi connectivity index (χ1) is 7.75. The minimum Gasteiger partial charge on any atom is -0.381 e. The molecule has 1 fully saturated rings. The second-order valence-corrected chi connectivity index (χ2v) is 5.30. The lowest BCUT2D eigenvalue weighted by Gasteiger charge is -2.18. The van der Waals surface area contributed by atoms with E-state index in [1.807, 2.05) is 12.1 Å². The Hall–Kier alpha value is -0.400. The molecular formula is C13H17Cl2N. The summed E-state index contributed by atoms with van der Waals surface area (Å²) in [6, 6.07) is 6.21. The van der Waals surface area contributed by atoms with Crippen LogP contribution in [0.1, 0.15) is 38.5 Å². The Balaban J connectivity index is 2.01. The van der Waals surface area contributed by atoms with Crippen molar-refractivity contribution in [3.8, 4) is 0 Å².